The van der Waals surface area contributed by atoms with Gasteiger partial charge in [0.1, 0.15) is 11.6 Å². The Bertz CT molecular complexity index is 1160. The molecule has 2 aromatic carbocycles. The molecular formula is C24H24N4. The van der Waals surface area contributed by atoms with Crippen LogP contribution in [0.5, 0.6) is 0 Å². The molecule has 0 bridgehead atoms. The summed E-state index contributed by atoms with van der Waals surface area (Å²) < 4.78 is 2.14. The Hall–Kier alpha value is -3.14. The van der Waals surface area contributed by atoms with Gasteiger partial charge in [0.05, 0.1) is 11.7 Å². The zero-order chi connectivity index (χ0) is 19.1. The Balaban J connectivity index is 1.54. The van der Waals surface area contributed by atoms with Gasteiger partial charge in [0, 0.05) is 35.8 Å². The topological polar surface area (TPSA) is 42.7 Å². The van der Waals surface area contributed by atoms with Crippen molar-refractivity contribution in [3.63, 3.8) is 0 Å². The van der Waals surface area contributed by atoms with Crippen LogP contribution in [0.2, 0.25) is 0 Å². The van der Waals surface area contributed by atoms with E-state index in [2.05, 4.69) is 82.7 Å². The van der Waals surface area contributed by atoms with E-state index in [4.69, 9.17) is 4.98 Å². The van der Waals surface area contributed by atoms with Gasteiger partial charge < -0.3 is 9.88 Å². The zero-order valence-electron chi connectivity index (χ0n) is 16.3. The van der Waals surface area contributed by atoms with Gasteiger partial charge in [-0.1, -0.05) is 36.4 Å². The molecule has 1 atom stereocenters. The summed E-state index contributed by atoms with van der Waals surface area (Å²) in [6, 6.07) is 19.7. The van der Waals surface area contributed by atoms with E-state index in [1.165, 1.54) is 34.9 Å². The van der Waals surface area contributed by atoms with Crippen LogP contribution in [-0.4, -0.2) is 14.5 Å². The van der Waals surface area contributed by atoms with E-state index >= 15 is 0 Å². The van der Waals surface area contributed by atoms with Crippen LogP contribution in [0.1, 0.15) is 35.8 Å². The van der Waals surface area contributed by atoms with Crippen LogP contribution in [0.15, 0.2) is 60.8 Å². The first-order chi connectivity index (χ1) is 13.7. The summed E-state index contributed by atoms with van der Waals surface area (Å²) in [4.78, 5) is 9.42. The first-order valence-corrected chi connectivity index (χ1v) is 9.93. The van der Waals surface area contributed by atoms with Crippen molar-refractivity contribution in [2.45, 2.75) is 32.2 Å². The highest BCUT2D eigenvalue weighted by Gasteiger charge is 2.20. The molecule has 0 unspecified atom stereocenters. The number of aryl methyl sites for hydroxylation is 3. The Kier molecular flexibility index (Phi) is 4.12. The Morgan fingerprint density at radius 3 is 2.86 bits per heavy atom. The molecule has 28 heavy (non-hydrogen) atoms. The third-order valence-corrected chi connectivity index (χ3v) is 5.73. The molecule has 1 aliphatic carbocycles. The number of hydrogen-bond donors (Lipinski definition) is 1. The van der Waals surface area contributed by atoms with Crippen LogP contribution < -0.4 is 5.32 Å². The molecule has 0 amide bonds. The Morgan fingerprint density at radius 2 is 1.93 bits per heavy atom. The largest absolute Gasteiger partial charge is 0.363 e. The van der Waals surface area contributed by atoms with E-state index in [9.17, 15) is 0 Å². The predicted molar refractivity (Wildman–Crippen MR) is 114 cm³/mol. The monoisotopic (exact) mass is 368 g/mol. The molecule has 0 spiro atoms. The molecule has 0 fully saturated rings. The summed E-state index contributed by atoms with van der Waals surface area (Å²) >= 11 is 0. The maximum absolute atomic E-state index is 4.74. The summed E-state index contributed by atoms with van der Waals surface area (Å²) in [7, 11) is 2.07. The highest BCUT2D eigenvalue weighted by molar-refractivity contribution is 5.94. The van der Waals surface area contributed by atoms with E-state index in [-0.39, 0.29) is 0 Å². The first kappa shape index (κ1) is 17.0. The van der Waals surface area contributed by atoms with Gasteiger partial charge in [-0.2, -0.15) is 0 Å². The quantitative estimate of drug-likeness (QED) is 0.524. The van der Waals surface area contributed by atoms with Gasteiger partial charge in [-0.25, -0.2) is 9.97 Å². The van der Waals surface area contributed by atoms with E-state index < -0.39 is 0 Å². The molecule has 1 N–H and O–H groups in total. The fourth-order valence-electron chi connectivity index (χ4n) is 4.39. The van der Waals surface area contributed by atoms with Crippen LogP contribution >= 0.6 is 0 Å². The summed E-state index contributed by atoms with van der Waals surface area (Å²) in [5, 5.41) is 4.90. The van der Waals surface area contributed by atoms with E-state index in [1.54, 1.807) is 0 Å². The predicted octanol–water partition coefficient (Wildman–Crippen LogP) is 5.43. The van der Waals surface area contributed by atoms with Crippen molar-refractivity contribution in [3.05, 3.63) is 77.7 Å². The summed E-state index contributed by atoms with van der Waals surface area (Å²) in [6.45, 7) is 1.97. The Morgan fingerprint density at radius 1 is 1.04 bits per heavy atom. The molecule has 4 nitrogen and oxygen atoms in total. The minimum atomic E-state index is 0.305. The number of nitrogens with one attached hydrogen (secondary N) is 1. The molecule has 2 aromatic heterocycles. The smallest absolute Gasteiger partial charge is 0.130 e. The molecule has 140 valence electrons. The van der Waals surface area contributed by atoms with Crippen molar-refractivity contribution >= 4 is 16.7 Å². The van der Waals surface area contributed by atoms with Gasteiger partial charge in [-0.15, -0.1) is 0 Å². The van der Waals surface area contributed by atoms with E-state index in [0.29, 0.717) is 6.04 Å². The van der Waals surface area contributed by atoms with Crippen molar-refractivity contribution in [1.82, 2.24) is 14.5 Å². The molecule has 4 aromatic rings. The first-order valence-electron chi connectivity index (χ1n) is 9.93. The number of rotatable bonds is 3. The lowest BCUT2D eigenvalue weighted by Crippen LogP contribution is -2.18. The van der Waals surface area contributed by atoms with Gasteiger partial charge in [-0.05, 0) is 49.4 Å². The third kappa shape index (κ3) is 2.95. The highest BCUT2D eigenvalue weighted by Crippen LogP contribution is 2.33. The molecule has 4 heteroatoms. The lowest BCUT2D eigenvalue weighted by Gasteiger charge is -2.27. The molecular weight excluding hydrogens is 344 g/mol. The number of fused-ring (bicyclic) bond motifs is 2. The van der Waals surface area contributed by atoms with Gasteiger partial charge in [0.25, 0.3) is 0 Å². The second-order valence-electron chi connectivity index (χ2n) is 7.64. The summed E-state index contributed by atoms with van der Waals surface area (Å²) in [6.07, 6.45) is 5.59. The van der Waals surface area contributed by atoms with Gasteiger partial charge in [0.2, 0.25) is 0 Å². The normalized spacial score (nSPS) is 16.1. The maximum Gasteiger partial charge on any atom is 0.130 e. The molecule has 2 heterocycles. The van der Waals surface area contributed by atoms with Gasteiger partial charge in [-0.3, -0.25) is 0 Å². The molecule has 5 rings (SSSR count). The van der Waals surface area contributed by atoms with Crippen molar-refractivity contribution in [2.24, 2.45) is 7.05 Å². The number of nitrogens with zero attached hydrogens (tertiary/aromatic N) is 3. The number of benzene rings is 2. The standard InChI is InChI=1S/C24H24N4/c1-16-25-22(19-10-6-12-23-20(19)13-14-28(23)2)15-24(26-16)27-21-11-5-8-17-7-3-4-9-18(17)21/h3-4,6-7,9-10,12-15,21H,5,8,11H2,1-2H3,(H,25,26,27)/t21-/m1/s1. The minimum absolute atomic E-state index is 0.305. The van der Waals surface area contributed by atoms with Crippen LogP contribution in [0, 0.1) is 6.92 Å². The number of aromatic nitrogens is 3. The maximum atomic E-state index is 4.74. The highest BCUT2D eigenvalue weighted by atomic mass is 15.0. The summed E-state index contributed by atoms with van der Waals surface area (Å²) in [5.41, 5.74) is 6.18. The van der Waals surface area contributed by atoms with Crippen LogP contribution in [0.4, 0.5) is 5.82 Å². The molecule has 0 saturated carbocycles. The second kappa shape index (κ2) is 6.79. The fraction of sp³-hybridized carbons (Fsp3) is 0.250. The van der Waals surface area contributed by atoms with Crippen molar-refractivity contribution in [1.29, 1.82) is 0 Å². The average molecular weight is 368 g/mol. The third-order valence-electron chi connectivity index (χ3n) is 5.73. The van der Waals surface area contributed by atoms with Crippen molar-refractivity contribution < 1.29 is 0 Å². The van der Waals surface area contributed by atoms with Crippen molar-refractivity contribution in [2.75, 3.05) is 5.32 Å². The van der Waals surface area contributed by atoms with E-state index in [1.807, 2.05) is 6.92 Å². The van der Waals surface area contributed by atoms with Crippen molar-refractivity contribution in [3.8, 4) is 11.3 Å². The lowest BCUT2D eigenvalue weighted by atomic mass is 9.88. The SMILES string of the molecule is Cc1nc(N[C@@H]2CCCc3ccccc32)cc(-c2cccc3c2ccn3C)n1. The molecule has 0 saturated heterocycles. The zero-order valence-corrected chi connectivity index (χ0v) is 16.3. The van der Waals surface area contributed by atoms with Gasteiger partial charge >= 0.3 is 0 Å². The number of hydrogen-bond acceptors (Lipinski definition) is 3. The van der Waals surface area contributed by atoms with E-state index in [0.717, 1.165) is 29.3 Å². The van der Waals surface area contributed by atoms with Gasteiger partial charge in [0.15, 0.2) is 0 Å². The second-order valence-corrected chi connectivity index (χ2v) is 7.64. The molecule has 1 aliphatic rings. The Labute approximate surface area is 165 Å². The number of anilines is 1. The lowest BCUT2D eigenvalue weighted by molar-refractivity contribution is 0.598. The van der Waals surface area contributed by atoms with Crippen LogP contribution in [-0.2, 0) is 13.5 Å². The fourth-order valence-corrected chi connectivity index (χ4v) is 4.39. The molecule has 0 aliphatic heterocycles. The van der Waals surface area contributed by atoms with Crippen LogP contribution in [0.25, 0.3) is 22.2 Å². The molecule has 0 radical (unpaired) electrons. The van der Waals surface area contributed by atoms with Crippen LogP contribution in [0.3, 0.4) is 0 Å². The minimum Gasteiger partial charge on any atom is -0.363 e. The summed E-state index contributed by atoms with van der Waals surface area (Å²) in [5.74, 6) is 1.69. The average Bonchev–Trinajstić information content (AvgIpc) is 3.09.